The third-order valence-electron chi connectivity index (χ3n) is 6.99. The van der Waals surface area contributed by atoms with E-state index in [1.165, 1.54) is 4.90 Å². The van der Waals surface area contributed by atoms with E-state index in [9.17, 15) is 19.2 Å². The summed E-state index contributed by atoms with van der Waals surface area (Å²) in [4.78, 5) is 55.7. The number of nitrogens with one attached hydrogen (secondary N) is 2. The zero-order valence-corrected chi connectivity index (χ0v) is 23.1. The highest BCUT2D eigenvalue weighted by atomic mass is 16.6. The van der Waals surface area contributed by atoms with Crippen molar-refractivity contribution in [1.82, 2.24) is 20.4 Å². The van der Waals surface area contributed by atoms with Crippen molar-refractivity contribution < 1.29 is 23.9 Å². The van der Waals surface area contributed by atoms with Crippen molar-refractivity contribution in [3.63, 3.8) is 0 Å². The Morgan fingerprint density at radius 1 is 0.949 bits per heavy atom. The maximum Gasteiger partial charge on any atom is 0.410 e. The standard InChI is InChI=1S/C30H38N4O5/c1-20(31-27(36)25-15-10-16-34(25)29(38)39-30(2,3)4)26(35)32-24(17-21-11-6-5-7-12-21)28(37)33-18-22-13-8-9-14-23(22)19-33/h5-9,11-14,20,24-25H,10,15-19H2,1-4H3,(H,31,36)(H,32,35). The molecule has 3 atom stereocenters. The van der Waals surface area contributed by atoms with E-state index < -0.39 is 41.6 Å². The maximum absolute atomic E-state index is 13.6. The molecule has 0 saturated carbocycles. The van der Waals surface area contributed by atoms with Gasteiger partial charge in [-0.05, 0) is 57.2 Å². The number of ether oxygens (including phenoxy) is 1. The molecule has 39 heavy (non-hydrogen) atoms. The van der Waals surface area contributed by atoms with E-state index in [0.717, 1.165) is 16.7 Å². The van der Waals surface area contributed by atoms with Gasteiger partial charge >= 0.3 is 6.09 Å². The number of carbonyl (C=O) groups is 4. The fourth-order valence-corrected chi connectivity index (χ4v) is 5.01. The number of benzene rings is 2. The first-order chi connectivity index (χ1) is 18.5. The van der Waals surface area contributed by atoms with Crippen LogP contribution in [0.3, 0.4) is 0 Å². The number of likely N-dealkylation sites (tertiary alicyclic amines) is 1. The number of rotatable bonds is 7. The Kier molecular flexibility index (Phi) is 8.57. The van der Waals surface area contributed by atoms with Crippen LogP contribution in [0.15, 0.2) is 54.6 Å². The van der Waals surface area contributed by atoms with Gasteiger partial charge in [-0.15, -0.1) is 0 Å². The second-order valence-corrected chi connectivity index (χ2v) is 11.3. The first kappa shape index (κ1) is 28.1. The molecule has 2 heterocycles. The number of nitrogens with zero attached hydrogens (tertiary/aromatic N) is 2. The summed E-state index contributed by atoms with van der Waals surface area (Å²) in [6, 6.07) is 15.0. The monoisotopic (exact) mass is 534 g/mol. The molecule has 1 fully saturated rings. The molecule has 0 bridgehead atoms. The third kappa shape index (κ3) is 7.16. The minimum absolute atomic E-state index is 0.172. The van der Waals surface area contributed by atoms with Gasteiger partial charge in [0, 0.05) is 26.1 Å². The molecule has 4 rings (SSSR count). The quantitative estimate of drug-likeness (QED) is 0.568. The lowest BCUT2D eigenvalue weighted by Gasteiger charge is -2.29. The largest absolute Gasteiger partial charge is 0.444 e. The normalized spacial score (nSPS) is 18.2. The third-order valence-corrected chi connectivity index (χ3v) is 6.99. The molecule has 4 amide bonds. The molecule has 1 saturated heterocycles. The predicted octanol–water partition coefficient (Wildman–Crippen LogP) is 3.16. The van der Waals surface area contributed by atoms with Crippen LogP contribution in [-0.4, -0.2) is 63.9 Å². The van der Waals surface area contributed by atoms with Gasteiger partial charge in [-0.25, -0.2) is 4.79 Å². The first-order valence-corrected chi connectivity index (χ1v) is 13.5. The average Bonchev–Trinajstić information content (AvgIpc) is 3.55. The van der Waals surface area contributed by atoms with E-state index in [1.807, 2.05) is 54.6 Å². The van der Waals surface area contributed by atoms with Crippen LogP contribution in [0, 0.1) is 0 Å². The zero-order chi connectivity index (χ0) is 28.2. The van der Waals surface area contributed by atoms with Crippen molar-refractivity contribution in [3.8, 4) is 0 Å². The van der Waals surface area contributed by atoms with Crippen LogP contribution in [0.2, 0.25) is 0 Å². The van der Waals surface area contributed by atoms with E-state index in [1.54, 1.807) is 32.6 Å². The average molecular weight is 535 g/mol. The second-order valence-electron chi connectivity index (χ2n) is 11.3. The van der Waals surface area contributed by atoms with Crippen LogP contribution >= 0.6 is 0 Å². The number of amides is 4. The van der Waals surface area contributed by atoms with Gasteiger partial charge in [0.05, 0.1) is 0 Å². The van der Waals surface area contributed by atoms with Gasteiger partial charge < -0.3 is 20.3 Å². The highest BCUT2D eigenvalue weighted by Gasteiger charge is 2.38. The van der Waals surface area contributed by atoms with Crippen LogP contribution in [0.25, 0.3) is 0 Å². The van der Waals surface area contributed by atoms with Crippen LogP contribution < -0.4 is 10.6 Å². The molecular formula is C30H38N4O5. The predicted molar refractivity (Wildman–Crippen MR) is 146 cm³/mol. The molecule has 2 aliphatic heterocycles. The van der Waals surface area contributed by atoms with Gasteiger partial charge in [0.1, 0.15) is 23.7 Å². The Morgan fingerprint density at radius 2 is 1.56 bits per heavy atom. The molecule has 2 aliphatic rings. The number of hydrogen-bond acceptors (Lipinski definition) is 5. The molecule has 0 aliphatic carbocycles. The van der Waals surface area contributed by atoms with Crippen molar-refractivity contribution in [2.24, 2.45) is 0 Å². The maximum atomic E-state index is 13.6. The molecule has 2 N–H and O–H groups in total. The van der Waals surface area contributed by atoms with E-state index in [0.29, 0.717) is 38.9 Å². The summed E-state index contributed by atoms with van der Waals surface area (Å²) in [6.07, 6.45) is 0.944. The molecule has 0 radical (unpaired) electrons. The van der Waals surface area contributed by atoms with Crippen molar-refractivity contribution in [1.29, 1.82) is 0 Å². The molecule has 9 nitrogen and oxygen atoms in total. The lowest BCUT2D eigenvalue weighted by molar-refractivity contribution is -0.138. The summed E-state index contributed by atoms with van der Waals surface area (Å²) in [6.45, 7) is 8.30. The van der Waals surface area contributed by atoms with E-state index in [-0.39, 0.29) is 5.91 Å². The van der Waals surface area contributed by atoms with E-state index in [4.69, 9.17) is 4.74 Å². The minimum atomic E-state index is -0.902. The molecule has 0 aromatic heterocycles. The van der Waals surface area contributed by atoms with E-state index >= 15 is 0 Å². The number of hydrogen-bond donors (Lipinski definition) is 2. The second kappa shape index (κ2) is 11.9. The van der Waals surface area contributed by atoms with Gasteiger partial charge in [0.2, 0.25) is 17.7 Å². The van der Waals surface area contributed by atoms with Crippen LogP contribution in [0.5, 0.6) is 0 Å². The van der Waals surface area contributed by atoms with Gasteiger partial charge in [-0.2, -0.15) is 0 Å². The fourth-order valence-electron chi connectivity index (χ4n) is 5.01. The highest BCUT2D eigenvalue weighted by molar-refractivity contribution is 5.94. The topological polar surface area (TPSA) is 108 Å². The Bertz CT molecular complexity index is 1180. The molecular weight excluding hydrogens is 496 g/mol. The highest BCUT2D eigenvalue weighted by Crippen LogP contribution is 2.24. The Labute approximate surface area is 229 Å². The molecule has 208 valence electrons. The summed E-state index contributed by atoms with van der Waals surface area (Å²) >= 11 is 0. The van der Waals surface area contributed by atoms with Gasteiger partial charge in [-0.1, -0.05) is 54.6 Å². The Balaban J connectivity index is 1.41. The Morgan fingerprint density at radius 3 is 2.18 bits per heavy atom. The smallest absolute Gasteiger partial charge is 0.410 e. The van der Waals surface area contributed by atoms with E-state index in [2.05, 4.69) is 10.6 Å². The minimum Gasteiger partial charge on any atom is -0.444 e. The molecule has 3 unspecified atom stereocenters. The number of fused-ring (bicyclic) bond motifs is 1. The van der Waals surface area contributed by atoms with Crippen molar-refractivity contribution in [2.75, 3.05) is 6.54 Å². The van der Waals surface area contributed by atoms with Gasteiger partial charge in [0.25, 0.3) is 0 Å². The van der Waals surface area contributed by atoms with Gasteiger partial charge in [-0.3, -0.25) is 19.3 Å². The summed E-state index contributed by atoms with van der Waals surface area (Å²) in [7, 11) is 0. The van der Waals surface area contributed by atoms with Gasteiger partial charge in [0.15, 0.2) is 0 Å². The van der Waals surface area contributed by atoms with Crippen LogP contribution in [0.1, 0.15) is 57.2 Å². The zero-order valence-electron chi connectivity index (χ0n) is 23.1. The Hall–Kier alpha value is -3.88. The fraction of sp³-hybridized carbons (Fsp3) is 0.467. The summed E-state index contributed by atoms with van der Waals surface area (Å²) in [5.41, 5.74) is 2.44. The molecule has 9 heteroatoms. The summed E-state index contributed by atoms with van der Waals surface area (Å²) in [5, 5.41) is 5.62. The molecule has 2 aromatic carbocycles. The molecule has 0 spiro atoms. The first-order valence-electron chi connectivity index (χ1n) is 13.5. The van der Waals surface area contributed by atoms with Crippen molar-refractivity contribution >= 4 is 23.8 Å². The molecule has 2 aromatic rings. The lowest BCUT2D eigenvalue weighted by Crippen LogP contribution is -2.56. The van der Waals surface area contributed by atoms with Crippen molar-refractivity contribution in [3.05, 3.63) is 71.3 Å². The summed E-state index contributed by atoms with van der Waals surface area (Å²) in [5.74, 6) is -1.05. The SMILES string of the molecule is CC(NC(=O)C1CCCN1C(=O)OC(C)(C)C)C(=O)NC(Cc1ccccc1)C(=O)N1Cc2ccccc2C1. The van der Waals surface area contributed by atoms with Crippen LogP contribution in [0.4, 0.5) is 4.79 Å². The number of carbonyl (C=O) groups excluding carboxylic acids is 4. The summed E-state index contributed by atoms with van der Waals surface area (Å²) < 4.78 is 5.45. The van der Waals surface area contributed by atoms with Crippen LogP contribution in [-0.2, 0) is 38.6 Å². The van der Waals surface area contributed by atoms with Crippen molar-refractivity contribution in [2.45, 2.75) is 83.8 Å². The lowest BCUT2D eigenvalue weighted by atomic mass is 10.0.